The van der Waals surface area contributed by atoms with Crippen molar-refractivity contribution in [2.45, 2.75) is 31.8 Å². The summed E-state index contributed by atoms with van der Waals surface area (Å²) >= 11 is 1.36. The molecule has 0 amide bonds. The highest BCUT2D eigenvalue weighted by molar-refractivity contribution is 7.53. The maximum Gasteiger partial charge on any atom is 0.337 e. The first-order valence-corrected chi connectivity index (χ1v) is 6.97. The van der Waals surface area contributed by atoms with Crippen molar-refractivity contribution in [3.63, 3.8) is 0 Å². The van der Waals surface area contributed by atoms with E-state index < -0.39 is 12.8 Å². The van der Waals surface area contributed by atoms with E-state index in [-0.39, 0.29) is 0 Å². The SMILES string of the molecule is CCC(CC)(c1cscn1)P(=O)(O)O. The van der Waals surface area contributed by atoms with Gasteiger partial charge in [-0.1, -0.05) is 13.8 Å². The Labute approximate surface area is 87.2 Å². The van der Waals surface area contributed by atoms with Gasteiger partial charge in [0.05, 0.1) is 11.2 Å². The first kappa shape index (κ1) is 11.9. The average molecular weight is 235 g/mol. The summed E-state index contributed by atoms with van der Waals surface area (Å²) in [6.07, 6.45) is 0.801. The van der Waals surface area contributed by atoms with E-state index in [1.807, 2.05) is 0 Å². The zero-order valence-electron chi connectivity index (χ0n) is 8.17. The zero-order valence-corrected chi connectivity index (χ0v) is 9.89. The summed E-state index contributed by atoms with van der Waals surface area (Å²) in [5.41, 5.74) is 2.12. The van der Waals surface area contributed by atoms with E-state index in [0.717, 1.165) is 0 Å². The lowest BCUT2D eigenvalue weighted by Gasteiger charge is -2.30. The van der Waals surface area contributed by atoms with Crippen LogP contribution in [0.25, 0.3) is 0 Å². The molecule has 0 aromatic carbocycles. The molecule has 1 rings (SSSR count). The second-order valence-electron chi connectivity index (χ2n) is 3.16. The Hall–Kier alpha value is -0.220. The summed E-state index contributed by atoms with van der Waals surface area (Å²) in [5.74, 6) is 0. The van der Waals surface area contributed by atoms with E-state index in [0.29, 0.717) is 18.5 Å². The van der Waals surface area contributed by atoms with Gasteiger partial charge in [0.1, 0.15) is 5.16 Å². The topological polar surface area (TPSA) is 70.4 Å². The smallest absolute Gasteiger partial charge is 0.324 e. The highest BCUT2D eigenvalue weighted by Crippen LogP contribution is 2.60. The molecule has 0 saturated carbocycles. The third-order valence-corrected chi connectivity index (χ3v) is 5.20. The van der Waals surface area contributed by atoms with Crippen molar-refractivity contribution in [2.24, 2.45) is 0 Å². The van der Waals surface area contributed by atoms with Gasteiger partial charge in [-0.05, 0) is 12.8 Å². The van der Waals surface area contributed by atoms with Crippen LogP contribution < -0.4 is 0 Å². The molecule has 0 saturated heterocycles. The number of nitrogens with zero attached hydrogens (tertiary/aromatic N) is 1. The molecule has 0 unspecified atom stereocenters. The van der Waals surface area contributed by atoms with Gasteiger partial charge in [0.25, 0.3) is 0 Å². The Morgan fingerprint density at radius 1 is 1.50 bits per heavy atom. The molecular weight excluding hydrogens is 221 g/mol. The monoisotopic (exact) mass is 235 g/mol. The molecule has 0 aliphatic carbocycles. The van der Waals surface area contributed by atoms with Gasteiger partial charge in [0, 0.05) is 5.38 Å². The Bertz CT molecular complexity index is 328. The van der Waals surface area contributed by atoms with Crippen LogP contribution in [0.2, 0.25) is 0 Å². The van der Waals surface area contributed by atoms with Gasteiger partial charge in [-0.15, -0.1) is 11.3 Å². The molecule has 6 heteroatoms. The van der Waals surface area contributed by atoms with Crippen LogP contribution in [0.5, 0.6) is 0 Å². The van der Waals surface area contributed by atoms with E-state index in [1.54, 1.807) is 24.7 Å². The van der Waals surface area contributed by atoms with Gasteiger partial charge in [-0.3, -0.25) is 4.57 Å². The van der Waals surface area contributed by atoms with Crippen LogP contribution in [0, 0.1) is 0 Å². The average Bonchev–Trinajstić information content (AvgIpc) is 2.58. The first-order valence-electron chi connectivity index (χ1n) is 4.42. The standard InChI is InChI=1S/C8H14NO3PS/c1-3-8(4-2,13(10,11)12)7-5-14-6-9-7/h5-6H,3-4H2,1-2H3,(H2,10,11,12). The lowest BCUT2D eigenvalue weighted by molar-refractivity contribution is 0.313. The first-order chi connectivity index (χ1) is 6.48. The third kappa shape index (κ3) is 1.77. The summed E-state index contributed by atoms with van der Waals surface area (Å²) in [5, 5.41) is 0.624. The van der Waals surface area contributed by atoms with Crippen LogP contribution in [0.3, 0.4) is 0 Å². The van der Waals surface area contributed by atoms with Crippen molar-refractivity contribution >= 4 is 18.9 Å². The van der Waals surface area contributed by atoms with Gasteiger partial charge >= 0.3 is 7.60 Å². The Balaban J connectivity index is 3.25. The molecule has 1 aromatic heterocycles. The van der Waals surface area contributed by atoms with Crippen LogP contribution in [-0.2, 0) is 9.72 Å². The fourth-order valence-corrected chi connectivity index (χ4v) is 3.60. The van der Waals surface area contributed by atoms with Gasteiger partial charge in [-0.25, -0.2) is 4.98 Å². The molecule has 0 radical (unpaired) electrons. The van der Waals surface area contributed by atoms with Gasteiger partial charge in [0.2, 0.25) is 0 Å². The van der Waals surface area contributed by atoms with Crippen molar-refractivity contribution in [3.8, 4) is 0 Å². The molecule has 0 aliphatic heterocycles. The Morgan fingerprint density at radius 2 is 2.07 bits per heavy atom. The maximum atomic E-state index is 11.5. The molecule has 0 spiro atoms. The summed E-state index contributed by atoms with van der Waals surface area (Å²) < 4.78 is 11.5. The molecule has 0 bridgehead atoms. The van der Waals surface area contributed by atoms with Crippen molar-refractivity contribution in [3.05, 3.63) is 16.6 Å². The van der Waals surface area contributed by atoms with Crippen LogP contribution in [-0.4, -0.2) is 14.8 Å². The van der Waals surface area contributed by atoms with Crippen molar-refractivity contribution in [1.29, 1.82) is 0 Å². The van der Waals surface area contributed by atoms with E-state index in [1.165, 1.54) is 11.3 Å². The predicted molar refractivity (Wildman–Crippen MR) is 56.4 cm³/mol. The molecule has 0 atom stereocenters. The second-order valence-corrected chi connectivity index (χ2v) is 5.82. The highest BCUT2D eigenvalue weighted by atomic mass is 32.1. The number of aromatic nitrogens is 1. The van der Waals surface area contributed by atoms with Crippen LogP contribution in [0.4, 0.5) is 0 Å². The molecule has 0 aliphatic rings. The van der Waals surface area contributed by atoms with Crippen molar-refractivity contribution in [2.75, 3.05) is 0 Å². The second kappa shape index (κ2) is 4.11. The van der Waals surface area contributed by atoms with E-state index in [2.05, 4.69) is 4.98 Å². The minimum absolute atomic E-state index is 0.400. The molecule has 0 fully saturated rings. The summed E-state index contributed by atoms with van der Waals surface area (Å²) in [6.45, 7) is 3.56. The lowest BCUT2D eigenvalue weighted by Crippen LogP contribution is -2.24. The molecule has 4 nitrogen and oxygen atoms in total. The minimum Gasteiger partial charge on any atom is -0.324 e. The van der Waals surface area contributed by atoms with Crippen LogP contribution >= 0.6 is 18.9 Å². The lowest BCUT2D eigenvalue weighted by atomic mass is 9.99. The summed E-state index contributed by atoms with van der Waals surface area (Å²) in [4.78, 5) is 22.8. The number of hydrogen-bond donors (Lipinski definition) is 2. The molecule has 14 heavy (non-hydrogen) atoms. The quantitative estimate of drug-likeness (QED) is 0.786. The summed E-state index contributed by atoms with van der Waals surface area (Å²) in [7, 11) is -4.15. The largest absolute Gasteiger partial charge is 0.337 e. The number of hydrogen-bond acceptors (Lipinski definition) is 3. The number of thiazole rings is 1. The van der Waals surface area contributed by atoms with Gasteiger partial charge < -0.3 is 9.79 Å². The van der Waals surface area contributed by atoms with E-state index >= 15 is 0 Å². The number of rotatable bonds is 4. The minimum atomic E-state index is -4.15. The molecule has 1 heterocycles. The Kier molecular flexibility index (Phi) is 3.48. The fraction of sp³-hybridized carbons (Fsp3) is 0.625. The predicted octanol–water partition coefficient (Wildman–Crippen LogP) is 2.34. The fourth-order valence-electron chi connectivity index (χ4n) is 1.62. The summed E-state index contributed by atoms with van der Waals surface area (Å²) in [6, 6.07) is 0. The molecule has 2 N–H and O–H groups in total. The normalized spacial score (nSPS) is 13.1. The van der Waals surface area contributed by atoms with E-state index in [9.17, 15) is 14.4 Å². The molecule has 80 valence electrons. The zero-order chi connectivity index (χ0) is 10.8. The third-order valence-electron chi connectivity index (χ3n) is 2.64. The van der Waals surface area contributed by atoms with Crippen LogP contribution in [0.1, 0.15) is 32.4 Å². The van der Waals surface area contributed by atoms with E-state index in [4.69, 9.17) is 0 Å². The highest BCUT2D eigenvalue weighted by Gasteiger charge is 2.46. The van der Waals surface area contributed by atoms with Crippen molar-refractivity contribution < 1.29 is 14.4 Å². The molecular formula is C8H14NO3PS. The van der Waals surface area contributed by atoms with Crippen molar-refractivity contribution in [1.82, 2.24) is 4.98 Å². The van der Waals surface area contributed by atoms with Gasteiger partial charge in [0.15, 0.2) is 0 Å². The van der Waals surface area contributed by atoms with Gasteiger partial charge in [-0.2, -0.15) is 0 Å². The van der Waals surface area contributed by atoms with Crippen LogP contribution in [0.15, 0.2) is 10.9 Å². The maximum absolute atomic E-state index is 11.5. The Morgan fingerprint density at radius 3 is 2.36 bits per heavy atom. The molecule has 1 aromatic rings.